The number of anilines is 3. The molecule has 2 aliphatic heterocycles. The Labute approximate surface area is 381 Å². The standard InChI is InChI=1S/C61H39N3S/c1-3-16-40(17-4-1)41-30-32-43(33-31-41)62(42-18-5-2-6-19-42)44-34-36-45(37-35-44)63-54-27-12-8-21-48(54)58-56(63)39-38-52-60(58)65-57-29-14-10-24-50(57)61(52)49-23-9-13-28-55(49)64-53-26-11-7-20-46(53)47-22-15-25-51(61)59(47)64/h1-39H. The summed E-state index contributed by atoms with van der Waals surface area (Å²) in [5, 5.41) is 5.13. The average Bonchev–Trinajstić information content (AvgIpc) is 3.90. The van der Waals surface area contributed by atoms with Crippen molar-refractivity contribution in [1.82, 2.24) is 9.13 Å². The molecule has 304 valence electrons. The van der Waals surface area contributed by atoms with E-state index in [1.165, 1.54) is 92.5 Å². The molecule has 4 heteroatoms. The van der Waals surface area contributed by atoms with Gasteiger partial charge in [-0.3, -0.25) is 0 Å². The molecule has 12 aromatic rings. The van der Waals surface area contributed by atoms with E-state index in [1.54, 1.807) is 0 Å². The average molecular weight is 846 g/mol. The molecule has 0 saturated heterocycles. The summed E-state index contributed by atoms with van der Waals surface area (Å²) in [4.78, 5) is 4.96. The van der Waals surface area contributed by atoms with Crippen LogP contribution in [0.3, 0.4) is 0 Å². The molecule has 65 heavy (non-hydrogen) atoms. The Hall–Kier alpha value is -8.05. The molecule has 4 heterocycles. The third-order valence-electron chi connectivity index (χ3n) is 14.0. The third kappa shape index (κ3) is 5.09. The molecule has 3 nitrogen and oxygen atoms in total. The number of aromatic nitrogens is 2. The fraction of sp³-hybridized carbons (Fsp3) is 0.0164. The van der Waals surface area contributed by atoms with E-state index < -0.39 is 5.41 Å². The van der Waals surface area contributed by atoms with Gasteiger partial charge in [-0.25, -0.2) is 0 Å². The van der Waals surface area contributed by atoms with Gasteiger partial charge >= 0.3 is 0 Å². The number of nitrogens with zero attached hydrogens (tertiary/aromatic N) is 3. The molecule has 0 N–H and O–H groups in total. The number of para-hydroxylation sites is 5. The SMILES string of the molecule is c1ccc(-c2ccc(N(c3ccccc3)c3ccc(-n4c5ccccc5c5c6c(ccc54)C4(c5ccccc5S6)c5ccccc5-n5c6ccccc6c6cccc4c65)cc3)cc2)cc1. The molecule has 2 aliphatic rings. The van der Waals surface area contributed by atoms with Crippen molar-refractivity contribution in [3.8, 4) is 22.5 Å². The summed E-state index contributed by atoms with van der Waals surface area (Å²) < 4.78 is 4.99. The zero-order valence-electron chi connectivity index (χ0n) is 35.3. The highest BCUT2D eigenvalue weighted by Gasteiger charge is 2.50. The van der Waals surface area contributed by atoms with Gasteiger partial charge in [-0.2, -0.15) is 0 Å². The minimum Gasteiger partial charge on any atom is -0.311 e. The maximum atomic E-state index is 2.53. The quantitative estimate of drug-likeness (QED) is 0.171. The molecule has 0 bridgehead atoms. The van der Waals surface area contributed by atoms with Crippen molar-refractivity contribution >= 4 is 72.4 Å². The number of hydrogen-bond donors (Lipinski definition) is 0. The predicted molar refractivity (Wildman–Crippen MR) is 271 cm³/mol. The van der Waals surface area contributed by atoms with Crippen LogP contribution in [0.25, 0.3) is 66.1 Å². The first-order valence-electron chi connectivity index (χ1n) is 22.3. The highest BCUT2D eigenvalue weighted by molar-refractivity contribution is 7.99. The monoisotopic (exact) mass is 845 g/mol. The van der Waals surface area contributed by atoms with Crippen LogP contribution in [-0.2, 0) is 5.41 Å². The number of hydrogen-bond acceptors (Lipinski definition) is 2. The molecule has 0 saturated carbocycles. The molecule has 0 fully saturated rings. The Morgan fingerprint density at radius 3 is 1.71 bits per heavy atom. The number of benzene rings is 10. The Kier molecular flexibility index (Phi) is 7.83. The van der Waals surface area contributed by atoms with Gasteiger partial charge in [-0.05, 0) is 112 Å². The molecular formula is C61H39N3S. The van der Waals surface area contributed by atoms with Gasteiger partial charge in [0.05, 0.1) is 33.2 Å². The van der Waals surface area contributed by atoms with Crippen LogP contribution in [-0.4, -0.2) is 9.13 Å². The van der Waals surface area contributed by atoms with E-state index in [-0.39, 0.29) is 0 Å². The highest BCUT2D eigenvalue weighted by Crippen LogP contribution is 2.62. The molecule has 1 spiro atoms. The van der Waals surface area contributed by atoms with Crippen LogP contribution in [0.1, 0.15) is 22.3 Å². The smallest absolute Gasteiger partial charge is 0.0764 e. The van der Waals surface area contributed by atoms with Gasteiger partial charge in [-0.1, -0.05) is 169 Å². The predicted octanol–water partition coefficient (Wildman–Crippen LogP) is 16.2. The van der Waals surface area contributed by atoms with Crippen LogP contribution in [0, 0.1) is 0 Å². The maximum absolute atomic E-state index is 2.53. The summed E-state index contributed by atoms with van der Waals surface area (Å²) in [6, 6.07) is 87.3. The van der Waals surface area contributed by atoms with Gasteiger partial charge in [0.2, 0.25) is 0 Å². The Balaban J connectivity index is 0.978. The summed E-state index contributed by atoms with van der Waals surface area (Å²) >= 11 is 1.93. The Morgan fingerprint density at radius 1 is 0.354 bits per heavy atom. The van der Waals surface area contributed by atoms with Crippen molar-refractivity contribution in [2.75, 3.05) is 4.90 Å². The lowest BCUT2D eigenvalue weighted by Gasteiger charge is -2.45. The second kappa shape index (κ2) is 14.0. The summed E-state index contributed by atoms with van der Waals surface area (Å²) in [6.45, 7) is 0. The van der Waals surface area contributed by atoms with Crippen molar-refractivity contribution in [2.24, 2.45) is 0 Å². The molecule has 1 unspecified atom stereocenters. The van der Waals surface area contributed by atoms with Crippen molar-refractivity contribution in [2.45, 2.75) is 15.2 Å². The molecular weight excluding hydrogens is 807 g/mol. The Bertz CT molecular complexity index is 3850. The van der Waals surface area contributed by atoms with Gasteiger partial charge in [0.25, 0.3) is 0 Å². The van der Waals surface area contributed by atoms with Crippen LogP contribution in [0.15, 0.2) is 246 Å². The topological polar surface area (TPSA) is 13.1 Å². The second-order valence-electron chi connectivity index (χ2n) is 17.2. The summed E-state index contributed by atoms with van der Waals surface area (Å²) in [5.41, 5.74) is 17.8. The lowest BCUT2D eigenvalue weighted by molar-refractivity contribution is 0.692. The van der Waals surface area contributed by atoms with E-state index in [9.17, 15) is 0 Å². The van der Waals surface area contributed by atoms with E-state index in [1.807, 2.05) is 11.8 Å². The molecule has 10 aromatic carbocycles. The third-order valence-corrected chi connectivity index (χ3v) is 15.2. The first-order chi connectivity index (χ1) is 32.3. The highest BCUT2D eigenvalue weighted by atomic mass is 32.2. The lowest BCUT2D eigenvalue weighted by atomic mass is 9.62. The van der Waals surface area contributed by atoms with E-state index in [0.29, 0.717) is 0 Å². The van der Waals surface area contributed by atoms with E-state index in [0.717, 1.165) is 22.7 Å². The van der Waals surface area contributed by atoms with Crippen molar-refractivity contribution < 1.29 is 0 Å². The van der Waals surface area contributed by atoms with Gasteiger partial charge in [0, 0.05) is 54.1 Å². The maximum Gasteiger partial charge on any atom is 0.0764 e. The van der Waals surface area contributed by atoms with Crippen LogP contribution >= 0.6 is 11.8 Å². The number of rotatable bonds is 5. The second-order valence-corrected chi connectivity index (χ2v) is 18.3. The molecule has 0 radical (unpaired) electrons. The van der Waals surface area contributed by atoms with E-state index in [4.69, 9.17) is 0 Å². The molecule has 2 aromatic heterocycles. The van der Waals surface area contributed by atoms with Gasteiger partial charge in [0.15, 0.2) is 0 Å². The van der Waals surface area contributed by atoms with Crippen LogP contribution in [0.5, 0.6) is 0 Å². The van der Waals surface area contributed by atoms with Gasteiger partial charge in [-0.15, -0.1) is 0 Å². The van der Waals surface area contributed by atoms with Crippen LogP contribution < -0.4 is 4.90 Å². The zero-order valence-corrected chi connectivity index (χ0v) is 36.1. The largest absolute Gasteiger partial charge is 0.311 e. The first-order valence-corrected chi connectivity index (χ1v) is 23.2. The number of fused-ring (bicyclic) bond motifs is 15. The van der Waals surface area contributed by atoms with E-state index in [2.05, 4.69) is 251 Å². The first kappa shape index (κ1) is 36.4. The summed E-state index contributed by atoms with van der Waals surface area (Å²) in [7, 11) is 0. The normalized spacial score (nSPS) is 14.8. The molecule has 0 aliphatic carbocycles. The lowest BCUT2D eigenvalue weighted by Crippen LogP contribution is -2.37. The van der Waals surface area contributed by atoms with Crippen molar-refractivity contribution in [3.05, 3.63) is 259 Å². The zero-order chi connectivity index (χ0) is 42.6. The fourth-order valence-corrected chi connectivity index (χ4v) is 12.7. The van der Waals surface area contributed by atoms with Crippen molar-refractivity contribution in [1.29, 1.82) is 0 Å². The molecule has 0 amide bonds. The van der Waals surface area contributed by atoms with Gasteiger partial charge in [0.1, 0.15) is 0 Å². The van der Waals surface area contributed by atoms with Gasteiger partial charge < -0.3 is 14.0 Å². The molecule has 1 atom stereocenters. The fourth-order valence-electron chi connectivity index (χ4n) is 11.3. The van der Waals surface area contributed by atoms with Crippen molar-refractivity contribution in [3.63, 3.8) is 0 Å². The molecule has 14 rings (SSSR count). The van der Waals surface area contributed by atoms with E-state index >= 15 is 0 Å². The van der Waals surface area contributed by atoms with Crippen LogP contribution in [0.4, 0.5) is 17.1 Å². The minimum absolute atomic E-state index is 0.545. The summed E-state index contributed by atoms with van der Waals surface area (Å²) in [6.07, 6.45) is 0. The van der Waals surface area contributed by atoms with Crippen LogP contribution in [0.2, 0.25) is 0 Å². The summed E-state index contributed by atoms with van der Waals surface area (Å²) in [5.74, 6) is 0. The minimum atomic E-state index is -0.545. The Morgan fingerprint density at radius 2 is 0.923 bits per heavy atom.